The van der Waals surface area contributed by atoms with Gasteiger partial charge in [0.15, 0.2) is 11.8 Å². The topological polar surface area (TPSA) is 96.6 Å². The van der Waals surface area contributed by atoms with Crippen LogP contribution in [-0.4, -0.2) is 45.1 Å². The molecule has 2 aromatic rings. The molecule has 0 fully saturated rings. The van der Waals surface area contributed by atoms with Gasteiger partial charge >= 0.3 is 0 Å². The van der Waals surface area contributed by atoms with Crippen LogP contribution >= 0.6 is 24.0 Å². The number of ether oxygens (including phenoxy) is 1. The predicted octanol–water partition coefficient (Wildman–Crippen LogP) is 3.32. The first-order valence-corrected chi connectivity index (χ1v) is 10.6. The minimum Gasteiger partial charge on any atom is -0.497 e. The molecule has 1 aromatic carbocycles. The lowest BCUT2D eigenvalue weighted by atomic mass is 9.93. The molecule has 9 heteroatoms. The number of halogens is 1. The number of nitrogens with one attached hydrogen (secondary N) is 2. The lowest BCUT2D eigenvalue weighted by Gasteiger charge is -2.28. The predicted molar refractivity (Wildman–Crippen MR) is 135 cm³/mol. The number of hydrogen-bond acceptors (Lipinski definition) is 5. The summed E-state index contributed by atoms with van der Waals surface area (Å²) in [5.74, 6) is 3.14. The summed E-state index contributed by atoms with van der Waals surface area (Å²) in [6.45, 7) is 7.55. The fraction of sp³-hybridized carbons (Fsp3) is 0.591. The van der Waals surface area contributed by atoms with Gasteiger partial charge in [-0.15, -0.1) is 34.2 Å². The van der Waals surface area contributed by atoms with Gasteiger partial charge in [0, 0.05) is 13.6 Å². The molecule has 1 heterocycles. The first-order valence-electron chi connectivity index (χ1n) is 10.6. The van der Waals surface area contributed by atoms with Gasteiger partial charge in [0.05, 0.1) is 25.8 Å². The van der Waals surface area contributed by atoms with E-state index in [0.717, 1.165) is 48.6 Å². The summed E-state index contributed by atoms with van der Waals surface area (Å²) < 4.78 is 7.16. The second kappa shape index (κ2) is 13.5. The quantitative estimate of drug-likeness (QED) is 0.228. The Bertz CT molecular complexity index is 801. The molecule has 0 amide bonds. The molecule has 1 aromatic heterocycles. The molecule has 31 heavy (non-hydrogen) atoms. The van der Waals surface area contributed by atoms with Crippen molar-refractivity contribution in [2.75, 3.05) is 13.7 Å². The standard InChI is InChI=1S/C22H36N6O2.HI/c1-6-12-22(29,13-7-2)16-25-21(24-15-20-27-26-17(3)28(20)4)23-14-18-8-10-19(30-5)11-9-18;/h8-11,29H,6-7,12-16H2,1-5H3,(H2,23,24,25);1H. The average molecular weight is 544 g/mol. The second-order valence-electron chi connectivity index (χ2n) is 7.67. The lowest BCUT2D eigenvalue weighted by Crippen LogP contribution is -2.47. The number of guanidine groups is 1. The van der Waals surface area contributed by atoms with E-state index in [9.17, 15) is 5.11 Å². The fourth-order valence-corrected chi connectivity index (χ4v) is 3.32. The van der Waals surface area contributed by atoms with Gasteiger partial charge in [-0.1, -0.05) is 38.8 Å². The lowest BCUT2D eigenvalue weighted by molar-refractivity contribution is 0.0257. The summed E-state index contributed by atoms with van der Waals surface area (Å²) in [6.07, 6.45) is 3.37. The van der Waals surface area contributed by atoms with Crippen molar-refractivity contribution in [1.29, 1.82) is 0 Å². The van der Waals surface area contributed by atoms with Gasteiger partial charge in [0.25, 0.3) is 0 Å². The largest absolute Gasteiger partial charge is 0.497 e. The van der Waals surface area contributed by atoms with E-state index in [0.29, 0.717) is 25.6 Å². The van der Waals surface area contributed by atoms with E-state index in [1.165, 1.54) is 0 Å². The first kappa shape index (κ1) is 27.2. The average Bonchev–Trinajstić information content (AvgIpc) is 3.06. The highest BCUT2D eigenvalue weighted by molar-refractivity contribution is 14.0. The van der Waals surface area contributed by atoms with E-state index in [2.05, 4.69) is 34.7 Å². The van der Waals surface area contributed by atoms with E-state index >= 15 is 0 Å². The number of methoxy groups -OCH3 is 1. The van der Waals surface area contributed by atoms with Crippen LogP contribution in [0.4, 0.5) is 0 Å². The summed E-state index contributed by atoms with van der Waals surface area (Å²) in [4.78, 5) is 4.71. The molecule has 0 radical (unpaired) electrons. The van der Waals surface area contributed by atoms with Crippen molar-refractivity contribution in [3.8, 4) is 5.75 Å². The molecule has 0 atom stereocenters. The van der Waals surface area contributed by atoms with Crippen LogP contribution in [0.25, 0.3) is 0 Å². The summed E-state index contributed by atoms with van der Waals surface area (Å²) in [7, 11) is 3.59. The van der Waals surface area contributed by atoms with Crippen LogP contribution in [0.5, 0.6) is 5.75 Å². The highest BCUT2D eigenvalue weighted by Gasteiger charge is 2.25. The smallest absolute Gasteiger partial charge is 0.192 e. The first-order chi connectivity index (χ1) is 14.4. The summed E-state index contributed by atoms with van der Waals surface area (Å²) in [5, 5.41) is 25.9. The molecule has 174 valence electrons. The number of aliphatic imine (C=N–C) groups is 1. The van der Waals surface area contributed by atoms with E-state index in [1.54, 1.807) is 7.11 Å². The number of rotatable bonds is 11. The van der Waals surface area contributed by atoms with Gasteiger partial charge < -0.3 is 25.0 Å². The Morgan fingerprint density at radius 3 is 2.29 bits per heavy atom. The zero-order valence-corrected chi connectivity index (χ0v) is 21.6. The monoisotopic (exact) mass is 544 g/mol. The van der Waals surface area contributed by atoms with Crippen LogP contribution < -0.4 is 15.4 Å². The van der Waals surface area contributed by atoms with Gasteiger partial charge in [0.2, 0.25) is 0 Å². The minimum atomic E-state index is -0.743. The molecule has 0 aliphatic rings. The van der Waals surface area contributed by atoms with E-state index in [4.69, 9.17) is 9.73 Å². The molecule has 0 aliphatic heterocycles. The Hall–Kier alpha value is -1.88. The maximum absolute atomic E-state index is 11.0. The van der Waals surface area contributed by atoms with Crippen LogP contribution in [-0.2, 0) is 20.1 Å². The van der Waals surface area contributed by atoms with Crippen molar-refractivity contribution >= 4 is 29.9 Å². The third kappa shape index (κ3) is 8.64. The number of aliphatic hydroxyl groups is 1. The number of benzene rings is 1. The molecule has 8 nitrogen and oxygen atoms in total. The summed E-state index contributed by atoms with van der Waals surface area (Å²) in [5.41, 5.74) is 0.330. The maximum Gasteiger partial charge on any atom is 0.192 e. The highest BCUT2D eigenvalue weighted by atomic mass is 127. The Morgan fingerprint density at radius 1 is 1.13 bits per heavy atom. The molecule has 0 bridgehead atoms. The van der Waals surface area contributed by atoms with E-state index in [1.807, 2.05) is 42.8 Å². The maximum atomic E-state index is 11.0. The highest BCUT2D eigenvalue weighted by Crippen LogP contribution is 2.18. The summed E-state index contributed by atoms with van der Waals surface area (Å²) in [6, 6.07) is 7.84. The summed E-state index contributed by atoms with van der Waals surface area (Å²) >= 11 is 0. The second-order valence-corrected chi connectivity index (χ2v) is 7.67. The van der Waals surface area contributed by atoms with Crippen LogP contribution in [0.2, 0.25) is 0 Å². The van der Waals surface area contributed by atoms with Crippen molar-refractivity contribution in [2.45, 2.75) is 65.1 Å². The van der Waals surface area contributed by atoms with E-state index in [-0.39, 0.29) is 24.0 Å². The molecule has 0 aliphatic carbocycles. The minimum absolute atomic E-state index is 0. The number of aryl methyl sites for hydroxylation is 1. The zero-order chi connectivity index (χ0) is 22.0. The van der Waals surface area contributed by atoms with Gasteiger partial charge in [-0.3, -0.25) is 0 Å². The van der Waals surface area contributed by atoms with Gasteiger partial charge in [-0.25, -0.2) is 4.99 Å². The van der Waals surface area contributed by atoms with Crippen LogP contribution in [0.1, 0.15) is 56.7 Å². The third-order valence-corrected chi connectivity index (χ3v) is 5.19. The molecule has 2 rings (SSSR count). The Morgan fingerprint density at radius 2 is 1.77 bits per heavy atom. The van der Waals surface area contributed by atoms with Crippen molar-refractivity contribution in [3.05, 3.63) is 41.5 Å². The van der Waals surface area contributed by atoms with Crippen LogP contribution in [0, 0.1) is 6.92 Å². The Balaban J connectivity index is 0.00000480. The SMILES string of the molecule is CCCC(O)(CCC)CNC(=NCc1ccc(OC)cc1)NCc1nnc(C)n1C.I. The normalized spacial score (nSPS) is 11.7. The van der Waals surface area contributed by atoms with Crippen molar-refractivity contribution in [1.82, 2.24) is 25.4 Å². The zero-order valence-electron chi connectivity index (χ0n) is 19.3. The van der Waals surface area contributed by atoms with Crippen molar-refractivity contribution < 1.29 is 9.84 Å². The number of nitrogens with zero attached hydrogens (tertiary/aromatic N) is 4. The molecule has 0 saturated carbocycles. The van der Waals surface area contributed by atoms with Gasteiger partial charge in [0.1, 0.15) is 11.6 Å². The van der Waals surface area contributed by atoms with Gasteiger partial charge in [-0.05, 0) is 37.5 Å². The molecule has 3 N–H and O–H groups in total. The van der Waals surface area contributed by atoms with Gasteiger partial charge in [-0.2, -0.15) is 0 Å². The molecule has 0 unspecified atom stereocenters. The fourth-order valence-electron chi connectivity index (χ4n) is 3.32. The number of hydrogen-bond donors (Lipinski definition) is 3. The molecule has 0 saturated heterocycles. The van der Waals surface area contributed by atoms with Crippen LogP contribution in [0.3, 0.4) is 0 Å². The molecular formula is C22H37IN6O2. The number of aromatic nitrogens is 3. The van der Waals surface area contributed by atoms with Crippen LogP contribution in [0.15, 0.2) is 29.3 Å². The molecule has 0 spiro atoms. The van der Waals surface area contributed by atoms with E-state index < -0.39 is 5.60 Å². The Kier molecular flexibility index (Phi) is 11.8. The van der Waals surface area contributed by atoms with Crippen molar-refractivity contribution in [3.63, 3.8) is 0 Å². The molecular weight excluding hydrogens is 507 g/mol. The Labute approximate surface area is 202 Å². The van der Waals surface area contributed by atoms with Crippen molar-refractivity contribution in [2.24, 2.45) is 12.0 Å². The third-order valence-electron chi connectivity index (χ3n) is 5.19.